The first-order valence-corrected chi connectivity index (χ1v) is 6.17. The highest BCUT2D eigenvalue weighted by Crippen LogP contribution is 2.33. The Hall–Kier alpha value is -1.36. The van der Waals surface area contributed by atoms with Crippen molar-refractivity contribution in [3.63, 3.8) is 0 Å². The van der Waals surface area contributed by atoms with Gasteiger partial charge in [-0.3, -0.25) is 0 Å². The number of likely N-dealkylation sites (N-methyl/N-ethyl adjacent to an activating group) is 1. The lowest BCUT2D eigenvalue weighted by molar-refractivity contribution is 0.0440. The lowest BCUT2D eigenvalue weighted by atomic mass is 9.92. The summed E-state index contributed by atoms with van der Waals surface area (Å²) in [5, 5.41) is 3.17. The van der Waals surface area contributed by atoms with Gasteiger partial charge in [0.15, 0.2) is 12.2 Å². The Morgan fingerprint density at radius 2 is 2.32 bits per heavy atom. The van der Waals surface area contributed by atoms with E-state index in [4.69, 9.17) is 9.15 Å². The summed E-state index contributed by atoms with van der Waals surface area (Å²) >= 11 is 0. The molecule has 102 valence electrons. The maximum atomic E-state index is 5.81. The Kier molecular flexibility index (Phi) is 4.58. The third-order valence-corrected chi connectivity index (χ3v) is 3.32. The highest BCUT2D eigenvalue weighted by molar-refractivity contribution is 5.85. The zero-order valence-corrected chi connectivity index (χ0v) is 11.6. The third kappa shape index (κ3) is 2.66. The highest BCUT2D eigenvalue weighted by atomic mass is 35.5. The molecule has 0 spiro atoms. The Morgan fingerprint density at radius 1 is 1.42 bits per heavy atom. The molecule has 0 aliphatic carbocycles. The van der Waals surface area contributed by atoms with Gasteiger partial charge >= 0.3 is 0 Å². The van der Waals surface area contributed by atoms with Crippen LogP contribution < -0.4 is 5.32 Å². The molecule has 0 saturated carbocycles. The highest BCUT2D eigenvalue weighted by Gasteiger charge is 2.23. The largest absolute Gasteiger partial charge is 0.444 e. The predicted molar refractivity (Wildman–Crippen MR) is 75.5 cm³/mol. The molecule has 1 unspecified atom stereocenters. The molecule has 1 aromatic carbocycles. The molecule has 3 rings (SSSR count). The first kappa shape index (κ1) is 14.1. The van der Waals surface area contributed by atoms with E-state index in [0.29, 0.717) is 0 Å². The van der Waals surface area contributed by atoms with E-state index < -0.39 is 0 Å². The van der Waals surface area contributed by atoms with Crippen LogP contribution in [0.2, 0.25) is 0 Å². The molecule has 1 aromatic heterocycles. The zero-order chi connectivity index (χ0) is 12.4. The molecular formula is C14H17ClN2O2. The van der Waals surface area contributed by atoms with Crippen molar-refractivity contribution >= 4 is 12.4 Å². The molecule has 0 bridgehead atoms. The van der Waals surface area contributed by atoms with Crippen molar-refractivity contribution in [1.29, 1.82) is 0 Å². The van der Waals surface area contributed by atoms with Crippen molar-refractivity contribution in [2.45, 2.75) is 12.5 Å². The molecule has 1 aliphatic heterocycles. The van der Waals surface area contributed by atoms with Crippen molar-refractivity contribution in [2.24, 2.45) is 0 Å². The van der Waals surface area contributed by atoms with E-state index in [1.807, 2.05) is 13.1 Å². The van der Waals surface area contributed by atoms with Gasteiger partial charge in [0.1, 0.15) is 0 Å². The van der Waals surface area contributed by atoms with Gasteiger partial charge < -0.3 is 14.5 Å². The van der Waals surface area contributed by atoms with E-state index in [2.05, 4.69) is 22.4 Å². The summed E-state index contributed by atoms with van der Waals surface area (Å²) in [5.41, 5.74) is 3.71. The van der Waals surface area contributed by atoms with Gasteiger partial charge in [0.2, 0.25) is 0 Å². The number of nitrogens with zero attached hydrogens (tertiary/aromatic N) is 1. The van der Waals surface area contributed by atoms with E-state index in [1.54, 1.807) is 6.20 Å². The summed E-state index contributed by atoms with van der Waals surface area (Å²) in [6, 6.07) is 6.27. The molecule has 0 saturated heterocycles. The average molecular weight is 281 g/mol. The minimum atomic E-state index is 0. The molecule has 5 heteroatoms. The summed E-state index contributed by atoms with van der Waals surface area (Å²) < 4.78 is 11.2. The van der Waals surface area contributed by atoms with E-state index >= 15 is 0 Å². The number of halogens is 1. The minimum absolute atomic E-state index is 0. The van der Waals surface area contributed by atoms with Gasteiger partial charge in [0, 0.05) is 12.1 Å². The standard InChI is InChI=1S/C14H16N2O2.ClH/c1-15-7-13-11-3-2-4-12(10(11)5-6-17-13)14-8-16-9-18-14;/h2-4,8-9,13,15H,5-7H2,1H3;1H. The number of aromatic nitrogens is 1. The molecule has 19 heavy (non-hydrogen) atoms. The van der Waals surface area contributed by atoms with Gasteiger partial charge in [-0.05, 0) is 24.6 Å². The van der Waals surface area contributed by atoms with E-state index in [0.717, 1.165) is 30.9 Å². The molecule has 1 atom stereocenters. The number of nitrogens with one attached hydrogen (secondary N) is 1. The van der Waals surface area contributed by atoms with Crippen LogP contribution in [0.25, 0.3) is 11.3 Å². The number of oxazole rings is 1. The number of ether oxygens (including phenoxy) is 1. The minimum Gasteiger partial charge on any atom is -0.444 e. The summed E-state index contributed by atoms with van der Waals surface area (Å²) in [6.45, 7) is 1.58. The van der Waals surface area contributed by atoms with E-state index in [9.17, 15) is 0 Å². The van der Waals surface area contributed by atoms with Crippen molar-refractivity contribution < 1.29 is 9.15 Å². The molecule has 2 aromatic rings. The lowest BCUT2D eigenvalue weighted by Gasteiger charge is -2.27. The predicted octanol–water partition coefficient (Wildman–Crippen LogP) is 2.60. The summed E-state index contributed by atoms with van der Waals surface area (Å²) in [5.74, 6) is 0.831. The number of fused-ring (bicyclic) bond motifs is 1. The number of benzene rings is 1. The van der Waals surface area contributed by atoms with Crippen LogP contribution in [0.3, 0.4) is 0 Å². The summed E-state index contributed by atoms with van der Waals surface area (Å²) in [7, 11) is 1.94. The molecule has 0 fully saturated rings. The Balaban J connectivity index is 0.00000133. The van der Waals surface area contributed by atoms with Crippen molar-refractivity contribution in [3.8, 4) is 11.3 Å². The summed E-state index contributed by atoms with van der Waals surface area (Å²) in [4.78, 5) is 3.99. The van der Waals surface area contributed by atoms with Gasteiger partial charge in [0.05, 0.1) is 18.9 Å². The molecular weight excluding hydrogens is 264 g/mol. The molecule has 1 aliphatic rings. The number of rotatable bonds is 3. The molecule has 2 heterocycles. The summed E-state index contributed by atoms with van der Waals surface area (Å²) in [6.07, 6.45) is 4.28. The van der Waals surface area contributed by atoms with Gasteiger partial charge in [-0.2, -0.15) is 0 Å². The Labute approximate surface area is 118 Å². The molecule has 0 radical (unpaired) electrons. The fourth-order valence-electron chi connectivity index (χ4n) is 2.51. The lowest BCUT2D eigenvalue weighted by Crippen LogP contribution is -2.25. The number of hydrogen-bond donors (Lipinski definition) is 1. The number of hydrogen-bond acceptors (Lipinski definition) is 4. The second-order valence-electron chi connectivity index (χ2n) is 4.41. The first-order valence-electron chi connectivity index (χ1n) is 6.17. The van der Waals surface area contributed by atoms with Crippen LogP contribution in [-0.2, 0) is 11.2 Å². The van der Waals surface area contributed by atoms with Gasteiger partial charge in [-0.15, -0.1) is 12.4 Å². The molecule has 1 N–H and O–H groups in total. The third-order valence-electron chi connectivity index (χ3n) is 3.32. The topological polar surface area (TPSA) is 47.3 Å². The van der Waals surface area contributed by atoms with Gasteiger partial charge in [-0.25, -0.2) is 4.98 Å². The molecule has 0 amide bonds. The first-order chi connectivity index (χ1) is 8.90. The van der Waals surface area contributed by atoms with Crippen molar-refractivity contribution in [1.82, 2.24) is 10.3 Å². The van der Waals surface area contributed by atoms with Crippen molar-refractivity contribution in [2.75, 3.05) is 20.2 Å². The van der Waals surface area contributed by atoms with Crippen LogP contribution in [0.4, 0.5) is 0 Å². The van der Waals surface area contributed by atoms with Crippen molar-refractivity contribution in [3.05, 3.63) is 41.9 Å². The van der Waals surface area contributed by atoms with Crippen LogP contribution in [0.5, 0.6) is 0 Å². The quantitative estimate of drug-likeness (QED) is 0.939. The Bertz CT molecular complexity index is 528. The normalized spacial score (nSPS) is 17.6. The smallest absolute Gasteiger partial charge is 0.181 e. The van der Waals surface area contributed by atoms with Gasteiger partial charge in [0.25, 0.3) is 0 Å². The van der Waals surface area contributed by atoms with Crippen LogP contribution in [-0.4, -0.2) is 25.2 Å². The van der Waals surface area contributed by atoms with E-state index in [-0.39, 0.29) is 18.5 Å². The second kappa shape index (κ2) is 6.19. The zero-order valence-electron chi connectivity index (χ0n) is 10.8. The monoisotopic (exact) mass is 280 g/mol. The van der Waals surface area contributed by atoms with Crippen LogP contribution in [0, 0.1) is 0 Å². The van der Waals surface area contributed by atoms with Crippen LogP contribution >= 0.6 is 12.4 Å². The SMILES string of the molecule is CNCC1OCCc2c(-c3cnco3)cccc21.Cl. The van der Waals surface area contributed by atoms with Crippen LogP contribution in [0.1, 0.15) is 17.2 Å². The Morgan fingerprint density at radius 3 is 3.05 bits per heavy atom. The van der Waals surface area contributed by atoms with Gasteiger partial charge in [-0.1, -0.05) is 18.2 Å². The second-order valence-corrected chi connectivity index (χ2v) is 4.41. The fourth-order valence-corrected chi connectivity index (χ4v) is 2.51. The maximum absolute atomic E-state index is 5.81. The van der Waals surface area contributed by atoms with E-state index in [1.165, 1.54) is 17.5 Å². The van der Waals surface area contributed by atoms with Crippen LogP contribution in [0.15, 0.2) is 35.2 Å². The molecule has 4 nitrogen and oxygen atoms in total. The fraction of sp³-hybridized carbons (Fsp3) is 0.357. The average Bonchev–Trinajstić information content (AvgIpc) is 2.93. The maximum Gasteiger partial charge on any atom is 0.181 e.